The summed E-state index contributed by atoms with van der Waals surface area (Å²) in [6.07, 6.45) is 2.11. The number of hydrogen-bond acceptors (Lipinski definition) is 6. The van der Waals surface area contributed by atoms with Gasteiger partial charge in [0.15, 0.2) is 0 Å². The van der Waals surface area contributed by atoms with Crippen molar-refractivity contribution in [2.45, 2.75) is 33.6 Å². The van der Waals surface area contributed by atoms with E-state index in [0.717, 1.165) is 57.3 Å². The van der Waals surface area contributed by atoms with Gasteiger partial charge in [0, 0.05) is 49.7 Å². The van der Waals surface area contributed by atoms with E-state index in [1.165, 1.54) is 12.1 Å². The van der Waals surface area contributed by atoms with Crippen molar-refractivity contribution in [1.82, 2.24) is 10.2 Å². The molecular formula is C26H34ClN5O4. The van der Waals surface area contributed by atoms with E-state index in [9.17, 15) is 19.7 Å². The molecular weight excluding hydrogens is 482 g/mol. The van der Waals surface area contributed by atoms with Gasteiger partial charge in [0.1, 0.15) is 0 Å². The van der Waals surface area contributed by atoms with Crippen LogP contribution in [0.3, 0.4) is 0 Å². The SMILES string of the molecule is CCN(CC)CCNC(=O)c1cc(NC(=O)c2ccc([N+](=O)[O-])cc2Cl)ccc1N1CCC(C)CC1. The Bertz CT molecular complexity index is 1100. The van der Waals surface area contributed by atoms with Crippen molar-refractivity contribution in [1.29, 1.82) is 0 Å². The average Bonchev–Trinajstić information content (AvgIpc) is 2.86. The second-order valence-electron chi connectivity index (χ2n) is 9.06. The third kappa shape index (κ3) is 6.95. The molecule has 9 nitrogen and oxygen atoms in total. The van der Waals surface area contributed by atoms with Gasteiger partial charge in [-0.15, -0.1) is 0 Å². The van der Waals surface area contributed by atoms with Crippen LogP contribution >= 0.6 is 11.6 Å². The number of nitrogens with one attached hydrogen (secondary N) is 2. The van der Waals surface area contributed by atoms with Gasteiger partial charge in [-0.05, 0) is 56.1 Å². The Labute approximate surface area is 216 Å². The highest BCUT2D eigenvalue weighted by Gasteiger charge is 2.22. The Kier molecular flexibility index (Phi) is 9.66. The van der Waals surface area contributed by atoms with Crippen LogP contribution in [0.25, 0.3) is 0 Å². The third-order valence-electron chi connectivity index (χ3n) is 6.64. The third-order valence-corrected chi connectivity index (χ3v) is 6.95. The van der Waals surface area contributed by atoms with E-state index in [4.69, 9.17) is 11.6 Å². The van der Waals surface area contributed by atoms with Gasteiger partial charge < -0.3 is 20.4 Å². The molecule has 2 aromatic carbocycles. The molecule has 0 bridgehead atoms. The summed E-state index contributed by atoms with van der Waals surface area (Å²) in [4.78, 5) is 40.9. The van der Waals surface area contributed by atoms with E-state index in [2.05, 4.69) is 41.2 Å². The van der Waals surface area contributed by atoms with Crippen molar-refractivity contribution < 1.29 is 14.5 Å². The van der Waals surface area contributed by atoms with Crippen LogP contribution < -0.4 is 15.5 Å². The molecule has 1 aliphatic heterocycles. The van der Waals surface area contributed by atoms with E-state index < -0.39 is 10.8 Å². The molecule has 1 fully saturated rings. The molecule has 36 heavy (non-hydrogen) atoms. The highest BCUT2D eigenvalue weighted by Crippen LogP contribution is 2.29. The lowest BCUT2D eigenvalue weighted by atomic mass is 9.97. The van der Waals surface area contributed by atoms with Crippen molar-refractivity contribution in [3.8, 4) is 0 Å². The van der Waals surface area contributed by atoms with Crippen molar-refractivity contribution >= 4 is 40.5 Å². The lowest BCUT2D eigenvalue weighted by Crippen LogP contribution is -2.37. The number of likely N-dealkylation sites (N-methyl/N-ethyl adjacent to an activating group) is 1. The largest absolute Gasteiger partial charge is 0.371 e. The molecule has 0 radical (unpaired) electrons. The lowest BCUT2D eigenvalue weighted by Gasteiger charge is -2.33. The minimum Gasteiger partial charge on any atom is -0.371 e. The van der Waals surface area contributed by atoms with Crippen LogP contribution in [-0.4, -0.2) is 60.9 Å². The fourth-order valence-electron chi connectivity index (χ4n) is 4.28. The van der Waals surface area contributed by atoms with Crippen LogP contribution in [0.2, 0.25) is 5.02 Å². The van der Waals surface area contributed by atoms with Crippen LogP contribution in [-0.2, 0) is 0 Å². The lowest BCUT2D eigenvalue weighted by molar-refractivity contribution is -0.384. The second-order valence-corrected chi connectivity index (χ2v) is 9.47. The number of non-ortho nitro benzene ring substituents is 1. The predicted molar refractivity (Wildman–Crippen MR) is 143 cm³/mol. The van der Waals surface area contributed by atoms with E-state index in [1.54, 1.807) is 12.1 Å². The van der Waals surface area contributed by atoms with Crippen LogP contribution in [0.5, 0.6) is 0 Å². The molecule has 0 aromatic heterocycles. The number of carbonyl (C=O) groups is 2. The fourth-order valence-corrected chi connectivity index (χ4v) is 4.54. The zero-order valence-corrected chi connectivity index (χ0v) is 21.8. The molecule has 0 spiro atoms. The topological polar surface area (TPSA) is 108 Å². The quantitative estimate of drug-likeness (QED) is 0.347. The first-order chi connectivity index (χ1) is 17.2. The number of benzene rings is 2. The van der Waals surface area contributed by atoms with E-state index >= 15 is 0 Å². The highest BCUT2D eigenvalue weighted by atomic mass is 35.5. The predicted octanol–water partition coefficient (Wildman–Crippen LogP) is 4.81. The molecule has 1 aliphatic rings. The van der Waals surface area contributed by atoms with Gasteiger partial charge in [0.25, 0.3) is 17.5 Å². The average molecular weight is 516 g/mol. The number of carbonyl (C=O) groups excluding carboxylic acids is 2. The van der Waals surface area contributed by atoms with E-state index in [1.807, 2.05) is 6.07 Å². The van der Waals surface area contributed by atoms with Gasteiger partial charge in [-0.1, -0.05) is 32.4 Å². The van der Waals surface area contributed by atoms with E-state index in [-0.39, 0.29) is 22.2 Å². The molecule has 0 unspecified atom stereocenters. The zero-order chi connectivity index (χ0) is 26.2. The molecule has 2 N–H and O–H groups in total. The van der Waals surface area contributed by atoms with Crippen molar-refractivity contribution in [3.05, 3.63) is 62.7 Å². The maximum atomic E-state index is 13.2. The Morgan fingerprint density at radius 1 is 1.08 bits per heavy atom. The summed E-state index contributed by atoms with van der Waals surface area (Å²) in [6, 6.07) is 9.00. The van der Waals surface area contributed by atoms with Crippen LogP contribution in [0.15, 0.2) is 36.4 Å². The summed E-state index contributed by atoms with van der Waals surface area (Å²) in [6.45, 7) is 11.2. The van der Waals surface area contributed by atoms with Gasteiger partial charge in [-0.2, -0.15) is 0 Å². The number of anilines is 2. The molecule has 0 aliphatic carbocycles. The van der Waals surface area contributed by atoms with Gasteiger partial charge in [-0.3, -0.25) is 19.7 Å². The number of nitro groups is 1. The number of nitrogens with zero attached hydrogens (tertiary/aromatic N) is 3. The fraction of sp³-hybridized carbons (Fsp3) is 0.462. The van der Waals surface area contributed by atoms with Crippen LogP contribution in [0.4, 0.5) is 17.1 Å². The summed E-state index contributed by atoms with van der Waals surface area (Å²) < 4.78 is 0. The first-order valence-corrected chi connectivity index (χ1v) is 12.8. The van der Waals surface area contributed by atoms with Crippen molar-refractivity contribution in [2.24, 2.45) is 5.92 Å². The summed E-state index contributed by atoms with van der Waals surface area (Å²) in [7, 11) is 0. The standard InChI is InChI=1S/C26H34ClN5O4/c1-4-30(5-2)15-12-28-25(33)22-16-19(6-9-24(22)31-13-10-18(3)11-14-31)29-26(34)21-8-7-20(32(35)36)17-23(21)27/h6-9,16-18H,4-5,10-15H2,1-3H3,(H,28,33)(H,29,34). The number of amides is 2. The summed E-state index contributed by atoms with van der Waals surface area (Å²) in [5.41, 5.74) is 1.70. The molecule has 194 valence electrons. The molecule has 2 aromatic rings. The van der Waals surface area contributed by atoms with E-state index in [0.29, 0.717) is 23.7 Å². The molecule has 2 amide bonds. The molecule has 0 saturated carbocycles. The number of rotatable bonds is 10. The Balaban J connectivity index is 1.82. The summed E-state index contributed by atoms with van der Waals surface area (Å²) in [5.74, 6) is -0.0554. The zero-order valence-electron chi connectivity index (χ0n) is 21.1. The molecule has 10 heteroatoms. The first-order valence-electron chi connectivity index (χ1n) is 12.4. The minimum absolute atomic E-state index is 0.0184. The summed E-state index contributed by atoms with van der Waals surface area (Å²) in [5, 5.41) is 16.7. The van der Waals surface area contributed by atoms with Gasteiger partial charge in [0.2, 0.25) is 0 Å². The van der Waals surface area contributed by atoms with Crippen LogP contribution in [0, 0.1) is 16.0 Å². The Hall–Kier alpha value is -3.17. The van der Waals surface area contributed by atoms with Crippen LogP contribution in [0.1, 0.15) is 54.3 Å². The Morgan fingerprint density at radius 2 is 1.78 bits per heavy atom. The first kappa shape index (κ1) is 27.4. The molecule has 1 saturated heterocycles. The molecule has 3 rings (SSSR count). The second kappa shape index (κ2) is 12.7. The van der Waals surface area contributed by atoms with Gasteiger partial charge in [0.05, 0.1) is 21.1 Å². The highest BCUT2D eigenvalue weighted by molar-refractivity contribution is 6.34. The van der Waals surface area contributed by atoms with Gasteiger partial charge >= 0.3 is 0 Å². The van der Waals surface area contributed by atoms with Gasteiger partial charge in [-0.25, -0.2) is 0 Å². The maximum Gasteiger partial charge on any atom is 0.270 e. The maximum absolute atomic E-state index is 13.2. The molecule has 1 heterocycles. The number of halogens is 1. The summed E-state index contributed by atoms with van der Waals surface area (Å²) >= 11 is 6.12. The monoisotopic (exact) mass is 515 g/mol. The minimum atomic E-state index is -0.571. The Morgan fingerprint density at radius 3 is 2.39 bits per heavy atom. The number of piperidine rings is 1. The van der Waals surface area contributed by atoms with Crippen molar-refractivity contribution in [3.63, 3.8) is 0 Å². The van der Waals surface area contributed by atoms with Crippen molar-refractivity contribution in [2.75, 3.05) is 49.5 Å². The number of nitro benzene ring substituents is 1. The normalized spacial score (nSPS) is 14.1. The molecule has 0 atom stereocenters. The smallest absolute Gasteiger partial charge is 0.270 e. The number of hydrogen-bond donors (Lipinski definition) is 2.